The van der Waals surface area contributed by atoms with Crippen molar-refractivity contribution in [1.82, 2.24) is 14.9 Å². The Kier molecular flexibility index (Phi) is 5.00. The molecule has 2 rings (SSSR count). The van der Waals surface area contributed by atoms with E-state index in [0.29, 0.717) is 6.54 Å². The predicted molar refractivity (Wildman–Crippen MR) is 62.8 cm³/mol. The third kappa shape index (κ3) is 3.35. The molecule has 88 valence electrons. The van der Waals surface area contributed by atoms with Crippen LogP contribution in [0, 0.1) is 19.3 Å². The number of rotatable bonds is 2. The third-order valence-corrected chi connectivity index (χ3v) is 2.43. The predicted octanol–water partition coefficient (Wildman–Crippen LogP) is 1.69. The summed E-state index contributed by atoms with van der Waals surface area (Å²) in [5.41, 5.74) is 2.32. The number of aromatic amines is 1. The number of nitrogens with one attached hydrogen (secondary N) is 1. The zero-order chi connectivity index (χ0) is 12.0. The molecule has 0 aromatic carbocycles. The molecule has 3 nitrogen and oxygen atoms in total. The molecule has 0 spiro atoms. The highest BCUT2D eigenvalue weighted by atomic mass is 19.1. The van der Waals surface area contributed by atoms with Gasteiger partial charge in [0.2, 0.25) is 0 Å². The van der Waals surface area contributed by atoms with Crippen LogP contribution in [0.2, 0.25) is 0 Å². The number of terminal acetylenes is 1. The second-order valence-corrected chi connectivity index (χ2v) is 3.75. The van der Waals surface area contributed by atoms with Crippen molar-refractivity contribution in [2.75, 3.05) is 19.8 Å². The van der Waals surface area contributed by atoms with E-state index < -0.39 is 0 Å². The Bertz CT molecular complexity index is 365. The van der Waals surface area contributed by atoms with Crippen LogP contribution in [0.15, 0.2) is 0 Å². The van der Waals surface area contributed by atoms with E-state index >= 15 is 0 Å². The number of halogens is 1. The van der Waals surface area contributed by atoms with Crippen molar-refractivity contribution in [3.63, 3.8) is 0 Å². The number of hydrogen-bond donors (Lipinski definition) is 1. The van der Waals surface area contributed by atoms with Gasteiger partial charge in [-0.25, -0.2) is 9.37 Å². The zero-order valence-corrected chi connectivity index (χ0v) is 9.89. The summed E-state index contributed by atoms with van der Waals surface area (Å²) >= 11 is 0. The number of aromatic nitrogens is 2. The van der Waals surface area contributed by atoms with Crippen molar-refractivity contribution in [3.8, 4) is 12.3 Å². The molecule has 1 aromatic heterocycles. The Morgan fingerprint density at radius 3 is 2.94 bits per heavy atom. The lowest BCUT2D eigenvalue weighted by Crippen LogP contribution is -2.32. The summed E-state index contributed by atoms with van der Waals surface area (Å²) in [4.78, 5) is 9.69. The van der Waals surface area contributed by atoms with Gasteiger partial charge in [-0.3, -0.25) is 4.90 Å². The van der Waals surface area contributed by atoms with E-state index in [2.05, 4.69) is 27.2 Å². The second kappa shape index (κ2) is 6.29. The van der Waals surface area contributed by atoms with E-state index in [-0.39, 0.29) is 6.67 Å². The van der Waals surface area contributed by atoms with Gasteiger partial charge in [0.15, 0.2) is 0 Å². The van der Waals surface area contributed by atoms with Crippen molar-refractivity contribution >= 4 is 0 Å². The van der Waals surface area contributed by atoms with Crippen LogP contribution in [0.25, 0.3) is 0 Å². The van der Waals surface area contributed by atoms with Crippen LogP contribution in [0.5, 0.6) is 0 Å². The van der Waals surface area contributed by atoms with Crippen molar-refractivity contribution in [1.29, 1.82) is 0 Å². The molecule has 0 radical (unpaired) electrons. The molecule has 1 aliphatic rings. The van der Waals surface area contributed by atoms with Crippen molar-refractivity contribution in [2.24, 2.45) is 0 Å². The highest BCUT2D eigenvalue weighted by molar-refractivity contribution is 5.17. The van der Waals surface area contributed by atoms with Gasteiger partial charge in [0.1, 0.15) is 12.5 Å². The van der Waals surface area contributed by atoms with Crippen LogP contribution < -0.4 is 0 Å². The summed E-state index contributed by atoms with van der Waals surface area (Å²) in [7, 11) is 0. The molecule has 0 aliphatic carbocycles. The minimum absolute atomic E-state index is 0.261. The van der Waals surface area contributed by atoms with Crippen LogP contribution in [-0.4, -0.2) is 34.6 Å². The molecule has 0 saturated carbocycles. The molecule has 1 aliphatic heterocycles. The van der Waals surface area contributed by atoms with Gasteiger partial charge in [0.05, 0.1) is 11.4 Å². The average molecular weight is 223 g/mol. The van der Waals surface area contributed by atoms with Crippen LogP contribution in [0.4, 0.5) is 4.39 Å². The van der Waals surface area contributed by atoms with Crippen LogP contribution >= 0.6 is 0 Å². The molecule has 0 fully saturated rings. The van der Waals surface area contributed by atoms with Gasteiger partial charge >= 0.3 is 0 Å². The number of alkyl halides is 1. The maximum Gasteiger partial charge on any atom is 0.103 e. The molecule has 1 N–H and O–H groups in total. The number of hydrogen-bond acceptors (Lipinski definition) is 2. The summed E-state index contributed by atoms with van der Waals surface area (Å²) in [6, 6.07) is 0. The van der Waals surface area contributed by atoms with Crippen molar-refractivity contribution < 1.29 is 4.39 Å². The fourth-order valence-electron chi connectivity index (χ4n) is 1.80. The fraction of sp³-hybridized carbons (Fsp3) is 0.583. The maximum absolute atomic E-state index is 12.1. The fourth-order valence-corrected chi connectivity index (χ4v) is 1.80. The lowest BCUT2D eigenvalue weighted by molar-refractivity contribution is 0.227. The van der Waals surface area contributed by atoms with Gasteiger partial charge in [0, 0.05) is 26.1 Å². The highest BCUT2D eigenvalue weighted by Crippen LogP contribution is 2.15. The molecule has 4 heteroatoms. The molecule has 0 bridgehead atoms. The Balaban J connectivity index is 0.000000386. The molecule has 1 aromatic rings. The molecule has 16 heavy (non-hydrogen) atoms. The van der Waals surface area contributed by atoms with E-state index in [4.69, 9.17) is 0 Å². The number of aryl methyl sites for hydroxylation is 1. The van der Waals surface area contributed by atoms with E-state index in [1.54, 1.807) is 6.92 Å². The van der Waals surface area contributed by atoms with Crippen LogP contribution in [0.3, 0.4) is 0 Å². The molecule has 2 heterocycles. The summed E-state index contributed by atoms with van der Waals surface area (Å²) in [6.45, 7) is 5.64. The minimum Gasteiger partial charge on any atom is -0.345 e. The Hall–Kier alpha value is -1.34. The first kappa shape index (κ1) is 12.7. The van der Waals surface area contributed by atoms with Crippen molar-refractivity contribution in [3.05, 3.63) is 17.2 Å². The highest BCUT2D eigenvalue weighted by Gasteiger charge is 2.18. The number of imidazole rings is 1. The lowest BCUT2D eigenvalue weighted by atomic mass is 10.1. The molecular formula is C12H18FN3. The first-order valence-electron chi connectivity index (χ1n) is 5.41. The maximum atomic E-state index is 12.1. The topological polar surface area (TPSA) is 31.9 Å². The monoisotopic (exact) mass is 223 g/mol. The van der Waals surface area contributed by atoms with Gasteiger partial charge in [-0.15, -0.1) is 12.3 Å². The first-order valence-corrected chi connectivity index (χ1v) is 5.41. The quantitative estimate of drug-likeness (QED) is 0.774. The van der Waals surface area contributed by atoms with E-state index in [1.165, 1.54) is 0 Å². The van der Waals surface area contributed by atoms with E-state index in [1.807, 2.05) is 6.92 Å². The Labute approximate surface area is 96.1 Å². The molecule has 0 unspecified atom stereocenters. The van der Waals surface area contributed by atoms with Gasteiger partial charge in [0.25, 0.3) is 0 Å². The van der Waals surface area contributed by atoms with E-state index in [0.717, 1.165) is 36.7 Å². The smallest absolute Gasteiger partial charge is 0.103 e. The minimum atomic E-state index is -0.261. The lowest BCUT2D eigenvalue weighted by Gasteiger charge is -2.24. The molecule has 0 atom stereocenters. The average Bonchev–Trinajstić information content (AvgIpc) is 2.59. The summed E-state index contributed by atoms with van der Waals surface area (Å²) in [6.07, 6.45) is 5.54. The zero-order valence-electron chi connectivity index (χ0n) is 9.89. The standard InChI is InChI=1S/C9H14FN3.C3H4/c1-7-11-8-2-4-13(5-3-10)6-9(8)12-7;1-3-2/h2-6H2,1H3,(H,11,12);1H,2H3. The molecule has 0 amide bonds. The SMILES string of the molecule is C#CC.Cc1nc2c([nH]1)CN(CCF)CC2. The first-order chi connectivity index (χ1) is 7.71. The number of nitrogens with zero attached hydrogens (tertiary/aromatic N) is 2. The number of H-pyrrole nitrogens is 1. The molecule has 0 saturated heterocycles. The largest absolute Gasteiger partial charge is 0.345 e. The Morgan fingerprint density at radius 2 is 2.31 bits per heavy atom. The summed E-state index contributed by atoms with van der Waals surface area (Å²) in [5.74, 6) is 3.21. The summed E-state index contributed by atoms with van der Waals surface area (Å²) < 4.78 is 12.1. The van der Waals surface area contributed by atoms with Crippen molar-refractivity contribution in [2.45, 2.75) is 26.8 Å². The second-order valence-electron chi connectivity index (χ2n) is 3.75. The van der Waals surface area contributed by atoms with Crippen LogP contribution in [-0.2, 0) is 13.0 Å². The van der Waals surface area contributed by atoms with Gasteiger partial charge in [-0.1, -0.05) is 0 Å². The van der Waals surface area contributed by atoms with Gasteiger partial charge in [-0.2, -0.15) is 0 Å². The third-order valence-electron chi connectivity index (χ3n) is 2.43. The van der Waals surface area contributed by atoms with E-state index in [9.17, 15) is 4.39 Å². The molecular weight excluding hydrogens is 205 g/mol. The Morgan fingerprint density at radius 1 is 1.62 bits per heavy atom. The summed E-state index contributed by atoms with van der Waals surface area (Å²) in [5, 5.41) is 0. The van der Waals surface area contributed by atoms with Gasteiger partial charge < -0.3 is 4.98 Å². The van der Waals surface area contributed by atoms with Crippen LogP contribution in [0.1, 0.15) is 24.1 Å². The number of fused-ring (bicyclic) bond motifs is 1. The van der Waals surface area contributed by atoms with Gasteiger partial charge in [-0.05, 0) is 13.8 Å². The normalized spacial score (nSPS) is 14.6.